The minimum atomic E-state index is -3.02. The van der Waals surface area contributed by atoms with Crippen LogP contribution in [0.3, 0.4) is 0 Å². The standard InChI is InChI=1S/C14H22N2O2S/c1-12-5-3-4-6-13(12)11-15-14-7-9-16(10-8-14)19(2,17)18/h3-6,14-15H,7-11H2,1-2H3. The largest absolute Gasteiger partial charge is 0.310 e. The van der Waals surface area contributed by atoms with Crippen molar-refractivity contribution in [2.24, 2.45) is 0 Å². The summed E-state index contributed by atoms with van der Waals surface area (Å²) in [7, 11) is -3.02. The third kappa shape index (κ3) is 4.03. The Morgan fingerprint density at radius 3 is 2.47 bits per heavy atom. The average Bonchev–Trinajstić information content (AvgIpc) is 2.37. The number of benzene rings is 1. The van der Waals surface area contributed by atoms with E-state index in [1.165, 1.54) is 17.4 Å². The van der Waals surface area contributed by atoms with E-state index in [1.54, 1.807) is 4.31 Å². The van der Waals surface area contributed by atoms with E-state index in [0.717, 1.165) is 19.4 Å². The van der Waals surface area contributed by atoms with Crippen LogP contribution in [0.15, 0.2) is 24.3 Å². The fraction of sp³-hybridized carbons (Fsp3) is 0.571. The molecular formula is C14H22N2O2S. The van der Waals surface area contributed by atoms with Crippen molar-refractivity contribution in [3.63, 3.8) is 0 Å². The van der Waals surface area contributed by atoms with Gasteiger partial charge in [0.05, 0.1) is 6.26 Å². The quantitative estimate of drug-likeness (QED) is 0.910. The lowest BCUT2D eigenvalue weighted by Crippen LogP contribution is -2.44. The molecule has 1 aromatic carbocycles. The second-order valence-electron chi connectivity index (χ2n) is 5.24. The summed E-state index contributed by atoms with van der Waals surface area (Å²) in [6.45, 7) is 4.23. The van der Waals surface area contributed by atoms with Gasteiger partial charge >= 0.3 is 0 Å². The first-order chi connectivity index (χ1) is 8.97. The van der Waals surface area contributed by atoms with Gasteiger partial charge in [0.2, 0.25) is 10.0 Å². The third-order valence-electron chi connectivity index (χ3n) is 3.77. The van der Waals surface area contributed by atoms with Gasteiger partial charge in [0, 0.05) is 25.7 Å². The van der Waals surface area contributed by atoms with Gasteiger partial charge in [-0.05, 0) is 30.9 Å². The van der Waals surface area contributed by atoms with Crippen LogP contribution in [-0.2, 0) is 16.6 Å². The molecule has 0 radical (unpaired) electrons. The van der Waals surface area contributed by atoms with Crippen LogP contribution in [0.25, 0.3) is 0 Å². The molecule has 106 valence electrons. The Morgan fingerprint density at radius 2 is 1.89 bits per heavy atom. The number of nitrogens with one attached hydrogen (secondary N) is 1. The number of rotatable bonds is 4. The molecule has 1 aromatic rings. The first kappa shape index (κ1) is 14.5. The van der Waals surface area contributed by atoms with E-state index in [-0.39, 0.29) is 0 Å². The second kappa shape index (κ2) is 6.03. The SMILES string of the molecule is Cc1ccccc1CNC1CCN(S(C)(=O)=O)CC1. The number of aryl methyl sites for hydroxylation is 1. The molecule has 0 aliphatic carbocycles. The summed E-state index contributed by atoms with van der Waals surface area (Å²) in [5.41, 5.74) is 2.61. The Kier molecular flexibility index (Phi) is 4.60. The molecule has 1 heterocycles. The number of hydrogen-bond acceptors (Lipinski definition) is 3. The molecular weight excluding hydrogens is 260 g/mol. The maximum Gasteiger partial charge on any atom is 0.211 e. The van der Waals surface area contributed by atoms with Crippen LogP contribution in [0.5, 0.6) is 0 Å². The molecule has 0 aromatic heterocycles. The first-order valence-electron chi connectivity index (χ1n) is 6.70. The fourth-order valence-electron chi connectivity index (χ4n) is 2.45. The Labute approximate surface area is 115 Å². The van der Waals surface area contributed by atoms with Crippen molar-refractivity contribution in [2.75, 3.05) is 19.3 Å². The summed E-state index contributed by atoms with van der Waals surface area (Å²) in [5.74, 6) is 0. The molecule has 0 bridgehead atoms. The zero-order valence-corrected chi connectivity index (χ0v) is 12.4. The minimum absolute atomic E-state index is 0.414. The topological polar surface area (TPSA) is 49.4 Å². The molecule has 2 rings (SSSR count). The highest BCUT2D eigenvalue weighted by molar-refractivity contribution is 7.88. The van der Waals surface area contributed by atoms with Gasteiger partial charge in [-0.15, -0.1) is 0 Å². The van der Waals surface area contributed by atoms with Crippen LogP contribution < -0.4 is 5.32 Å². The molecule has 1 aliphatic rings. The van der Waals surface area contributed by atoms with Gasteiger partial charge in [-0.25, -0.2) is 12.7 Å². The number of nitrogens with zero attached hydrogens (tertiary/aromatic N) is 1. The van der Waals surface area contributed by atoms with Crippen molar-refractivity contribution in [1.82, 2.24) is 9.62 Å². The Morgan fingerprint density at radius 1 is 1.26 bits per heavy atom. The van der Waals surface area contributed by atoms with E-state index in [0.29, 0.717) is 19.1 Å². The number of hydrogen-bond donors (Lipinski definition) is 1. The van der Waals surface area contributed by atoms with Crippen molar-refractivity contribution >= 4 is 10.0 Å². The van der Waals surface area contributed by atoms with E-state index in [1.807, 2.05) is 6.07 Å². The lowest BCUT2D eigenvalue weighted by atomic mass is 10.0. The highest BCUT2D eigenvalue weighted by Crippen LogP contribution is 2.14. The van der Waals surface area contributed by atoms with Gasteiger partial charge in [0.25, 0.3) is 0 Å². The summed E-state index contributed by atoms with van der Waals surface area (Å²) in [4.78, 5) is 0. The summed E-state index contributed by atoms with van der Waals surface area (Å²) in [6.07, 6.45) is 3.06. The summed E-state index contributed by atoms with van der Waals surface area (Å²) < 4.78 is 24.4. The van der Waals surface area contributed by atoms with Gasteiger partial charge in [-0.3, -0.25) is 0 Å². The van der Waals surface area contributed by atoms with Gasteiger partial charge in [0.1, 0.15) is 0 Å². The molecule has 0 unspecified atom stereocenters. The van der Waals surface area contributed by atoms with E-state index >= 15 is 0 Å². The Hall–Kier alpha value is -0.910. The molecule has 1 aliphatic heterocycles. The Balaban J connectivity index is 1.82. The van der Waals surface area contributed by atoms with Crippen molar-refractivity contribution < 1.29 is 8.42 Å². The highest BCUT2D eigenvalue weighted by atomic mass is 32.2. The minimum Gasteiger partial charge on any atom is -0.310 e. The molecule has 0 atom stereocenters. The van der Waals surface area contributed by atoms with Crippen LogP contribution in [0, 0.1) is 6.92 Å². The lowest BCUT2D eigenvalue weighted by Gasteiger charge is -2.30. The smallest absolute Gasteiger partial charge is 0.211 e. The predicted molar refractivity (Wildman–Crippen MR) is 77.5 cm³/mol. The van der Waals surface area contributed by atoms with Crippen molar-refractivity contribution in [1.29, 1.82) is 0 Å². The average molecular weight is 282 g/mol. The monoisotopic (exact) mass is 282 g/mol. The predicted octanol–water partition coefficient (Wildman–Crippen LogP) is 1.51. The van der Waals surface area contributed by atoms with Crippen LogP contribution in [0.4, 0.5) is 0 Å². The summed E-state index contributed by atoms with van der Waals surface area (Å²) >= 11 is 0. The number of sulfonamides is 1. The van der Waals surface area contributed by atoms with Crippen LogP contribution in [0.2, 0.25) is 0 Å². The van der Waals surface area contributed by atoms with Crippen LogP contribution >= 0.6 is 0 Å². The Bertz CT molecular complexity index is 520. The molecule has 1 fully saturated rings. The summed E-state index contributed by atoms with van der Waals surface area (Å²) in [6, 6.07) is 8.76. The first-order valence-corrected chi connectivity index (χ1v) is 8.54. The maximum absolute atomic E-state index is 11.4. The fourth-order valence-corrected chi connectivity index (χ4v) is 3.33. The van der Waals surface area contributed by atoms with Gasteiger partial charge in [-0.1, -0.05) is 24.3 Å². The summed E-state index contributed by atoms with van der Waals surface area (Å²) in [5, 5.41) is 3.53. The molecule has 5 heteroatoms. The van der Waals surface area contributed by atoms with E-state index in [4.69, 9.17) is 0 Å². The van der Waals surface area contributed by atoms with Crippen LogP contribution in [0.1, 0.15) is 24.0 Å². The van der Waals surface area contributed by atoms with Crippen LogP contribution in [-0.4, -0.2) is 38.1 Å². The zero-order valence-electron chi connectivity index (χ0n) is 11.6. The molecule has 4 nitrogen and oxygen atoms in total. The highest BCUT2D eigenvalue weighted by Gasteiger charge is 2.24. The maximum atomic E-state index is 11.4. The van der Waals surface area contributed by atoms with Crippen molar-refractivity contribution in [2.45, 2.75) is 32.4 Å². The molecule has 19 heavy (non-hydrogen) atoms. The zero-order chi connectivity index (χ0) is 13.9. The molecule has 0 saturated carbocycles. The van der Waals surface area contributed by atoms with E-state index in [2.05, 4.69) is 30.4 Å². The third-order valence-corrected chi connectivity index (χ3v) is 5.07. The van der Waals surface area contributed by atoms with Gasteiger partial charge < -0.3 is 5.32 Å². The normalized spacial score (nSPS) is 18.6. The van der Waals surface area contributed by atoms with Crippen molar-refractivity contribution in [3.05, 3.63) is 35.4 Å². The van der Waals surface area contributed by atoms with Gasteiger partial charge in [-0.2, -0.15) is 0 Å². The van der Waals surface area contributed by atoms with E-state index in [9.17, 15) is 8.42 Å². The van der Waals surface area contributed by atoms with Gasteiger partial charge in [0.15, 0.2) is 0 Å². The molecule has 0 spiro atoms. The lowest BCUT2D eigenvalue weighted by molar-refractivity contribution is 0.290. The van der Waals surface area contributed by atoms with E-state index < -0.39 is 10.0 Å². The van der Waals surface area contributed by atoms with Crippen molar-refractivity contribution in [3.8, 4) is 0 Å². The second-order valence-corrected chi connectivity index (χ2v) is 7.23. The molecule has 0 amide bonds. The molecule has 1 N–H and O–H groups in total. The molecule has 1 saturated heterocycles. The number of piperidine rings is 1.